The molecule has 0 spiro atoms. The normalized spacial score (nSPS) is 12.5. The highest BCUT2D eigenvalue weighted by Crippen LogP contribution is 2.30. The maximum absolute atomic E-state index is 5.74. The first kappa shape index (κ1) is 23.0. The van der Waals surface area contributed by atoms with Crippen molar-refractivity contribution in [3.05, 3.63) is 39.8 Å². The maximum atomic E-state index is 5.74. The lowest BCUT2D eigenvalue weighted by Gasteiger charge is -2.20. The minimum Gasteiger partial charge on any atom is -0.490 e. The largest absolute Gasteiger partial charge is 0.490 e. The summed E-state index contributed by atoms with van der Waals surface area (Å²) >= 11 is 1.75. The Hall–Kier alpha value is -2.28. The van der Waals surface area contributed by atoms with Crippen molar-refractivity contribution < 1.29 is 9.47 Å². The van der Waals surface area contributed by atoms with E-state index in [1.807, 2.05) is 32.9 Å². The van der Waals surface area contributed by atoms with E-state index in [9.17, 15) is 0 Å². The van der Waals surface area contributed by atoms with Crippen LogP contribution in [0.15, 0.2) is 28.6 Å². The van der Waals surface area contributed by atoms with Gasteiger partial charge in [0.05, 0.1) is 24.3 Å². The molecule has 0 amide bonds. The second-order valence-electron chi connectivity index (χ2n) is 6.78. The van der Waals surface area contributed by atoms with Crippen molar-refractivity contribution in [2.75, 3.05) is 26.8 Å². The molecule has 0 saturated carbocycles. The first-order valence-corrected chi connectivity index (χ1v) is 11.2. The lowest BCUT2D eigenvalue weighted by Crippen LogP contribution is -2.39. The van der Waals surface area contributed by atoms with Crippen LogP contribution >= 0.6 is 11.3 Å². The number of unbranched alkanes of at least 4 members (excludes halogenated alkanes) is 1. The Morgan fingerprint density at radius 3 is 2.59 bits per heavy atom. The summed E-state index contributed by atoms with van der Waals surface area (Å²) in [5.74, 6) is 2.36. The zero-order valence-electron chi connectivity index (χ0n) is 18.2. The third-order valence-corrected chi connectivity index (χ3v) is 5.45. The fourth-order valence-corrected chi connectivity index (χ4v) is 3.76. The van der Waals surface area contributed by atoms with Gasteiger partial charge in [-0.2, -0.15) is 0 Å². The Morgan fingerprint density at radius 2 is 1.93 bits per heavy atom. The number of thiazole rings is 1. The van der Waals surface area contributed by atoms with Gasteiger partial charge in [-0.1, -0.05) is 6.07 Å². The van der Waals surface area contributed by atoms with Crippen LogP contribution in [0.3, 0.4) is 0 Å². The van der Waals surface area contributed by atoms with Crippen LogP contribution in [0.1, 0.15) is 55.9 Å². The highest BCUT2D eigenvalue weighted by molar-refractivity contribution is 7.09. The topological polar surface area (TPSA) is 67.8 Å². The zero-order valence-corrected chi connectivity index (χ0v) is 19.1. The standard InChI is InChI=1S/C22H34N4O2S/c1-6-27-19-12-11-18(14-20(19)28-7-2)17(4)26-22(23-5)24-13-9-8-10-21-25-16(3)15-29-21/h11-12,14-15,17H,6-10,13H2,1-5H3,(H2,23,24,26). The Kier molecular flexibility index (Phi) is 9.77. The molecule has 6 nitrogen and oxygen atoms in total. The maximum Gasteiger partial charge on any atom is 0.191 e. The van der Waals surface area contributed by atoms with Gasteiger partial charge < -0.3 is 20.1 Å². The number of aryl methyl sites for hydroxylation is 2. The third kappa shape index (κ3) is 7.57. The molecule has 160 valence electrons. The summed E-state index contributed by atoms with van der Waals surface area (Å²) in [6.07, 6.45) is 3.23. The second-order valence-corrected chi connectivity index (χ2v) is 7.72. The number of aliphatic imine (C=N–C) groups is 1. The van der Waals surface area contributed by atoms with E-state index in [-0.39, 0.29) is 6.04 Å². The van der Waals surface area contributed by atoms with Crippen LogP contribution in [-0.2, 0) is 6.42 Å². The average molecular weight is 419 g/mol. The number of ether oxygens (including phenoxy) is 2. The van der Waals surface area contributed by atoms with Gasteiger partial charge in [-0.3, -0.25) is 4.99 Å². The molecule has 0 radical (unpaired) electrons. The Bertz CT molecular complexity index is 776. The average Bonchev–Trinajstić information content (AvgIpc) is 3.13. The molecule has 0 fully saturated rings. The molecule has 29 heavy (non-hydrogen) atoms. The molecule has 1 aromatic carbocycles. The van der Waals surface area contributed by atoms with Crippen LogP contribution < -0.4 is 20.1 Å². The van der Waals surface area contributed by atoms with Gasteiger partial charge in [-0.15, -0.1) is 11.3 Å². The summed E-state index contributed by atoms with van der Waals surface area (Å²) in [6.45, 7) is 10.2. The van der Waals surface area contributed by atoms with Gasteiger partial charge in [0.1, 0.15) is 0 Å². The number of hydrogen-bond acceptors (Lipinski definition) is 5. The smallest absolute Gasteiger partial charge is 0.191 e. The Balaban J connectivity index is 1.82. The molecule has 2 rings (SSSR count). The minimum atomic E-state index is 0.0920. The monoisotopic (exact) mass is 418 g/mol. The van der Waals surface area contributed by atoms with Gasteiger partial charge in [-0.25, -0.2) is 4.98 Å². The molecule has 2 aromatic rings. The highest BCUT2D eigenvalue weighted by Gasteiger charge is 2.12. The van der Waals surface area contributed by atoms with Gasteiger partial charge in [0.25, 0.3) is 0 Å². The highest BCUT2D eigenvalue weighted by atomic mass is 32.1. The molecule has 0 aliphatic rings. The van der Waals surface area contributed by atoms with Crippen molar-refractivity contribution in [1.82, 2.24) is 15.6 Å². The number of hydrogen-bond donors (Lipinski definition) is 2. The summed E-state index contributed by atoms with van der Waals surface area (Å²) in [7, 11) is 1.80. The van der Waals surface area contributed by atoms with Crippen molar-refractivity contribution in [2.24, 2.45) is 4.99 Å². The van der Waals surface area contributed by atoms with Crippen LogP contribution in [0.25, 0.3) is 0 Å². The molecule has 1 atom stereocenters. The Labute approximate surface area is 178 Å². The van der Waals surface area contributed by atoms with Crippen molar-refractivity contribution >= 4 is 17.3 Å². The van der Waals surface area contributed by atoms with Gasteiger partial charge >= 0.3 is 0 Å². The first-order valence-electron chi connectivity index (χ1n) is 10.3. The van der Waals surface area contributed by atoms with Crippen molar-refractivity contribution in [3.63, 3.8) is 0 Å². The number of aromatic nitrogens is 1. The van der Waals surface area contributed by atoms with Crippen LogP contribution in [0.2, 0.25) is 0 Å². The van der Waals surface area contributed by atoms with E-state index < -0.39 is 0 Å². The molecule has 1 heterocycles. The number of nitrogens with zero attached hydrogens (tertiary/aromatic N) is 2. The lowest BCUT2D eigenvalue weighted by atomic mass is 10.1. The minimum absolute atomic E-state index is 0.0920. The zero-order chi connectivity index (χ0) is 21.1. The van der Waals surface area contributed by atoms with E-state index in [0.29, 0.717) is 13.2 Å². The molecule has 0 bridgehead atoms. The van der Waals surface area contributed by atoms with Crippen molar-refractivity contribution in [3.8, 4) is 11.5 Å². The molecular weight excluding hydrogens is 384 g/mol. The summed E-state index contributed by atoms with van der Waals surface area (Å²) < 4.78 is 11.4. The van der Waals surface area contributed by atoms with Crippen LogP contribution in [0.4, 0.5) is 0 Å². The van der Waals surface area contributed by atoms with E-state index >= 15 is 0 Å². The fourth-order valence-electron chi connectivity index (χ4n) is 2.95. The van der Waals surface area contributed by atoms with Crippen molar-refractivity contribution in [2.45, 2.75) is 53.0 Å². The van der Waals surface area contributed by atoms with Gasteiger partial charge in [0.15, 0.2) is 17.5 Å². The predicted octanol–water partition coefficient (Wildman–Crippen LogP) is 4.50. The van der Waals surface area contributed by atoms with Gasteiger partial charge in [-0.05, 0) is 64.7 Å². The number of benzene rings is 1. The predicted molar refractivity (Wildman–Crippen MR) is 121 cm³/mol. The fraction of sp³-hybridized carbons (Fsp3) is 0.545. The quantitative estimate of drug-likeness (QED) is 0.319. The van der Waals surface area contributed by atoms with E-state index in [2.05, 4.69) is 39.0 Å². The SMILES string of the molecule is CCOc1ccc(C(C)NC(=NC)NCCCCc2nc(C)cs2)cc1OCC. The molecule has 0 aliphatic heterocycles. The van der Waals surface area contributed by atoms with Gasteiger partial charge in [0.2, 0.25) is 0 Å². The number of rotatable bonds is 11. The van der Waals surface area contributed by atoms with E-state index in [1.165, 1.54) is 5.01 Å². The van der Waals surface area contributed by atoms with Crippen LogP contribution in [0, 0.1) is 6.92 Å². The van der Waals surface area contributed by atoms with Crippen LogP contribution in [0.5, 0.6) is 11.5 Å². The summed E-state index contributed by atoms with van der Waals surface area (Å²) in [4.78, 5) is 8.86. The summed E-state index contributed by atoms with van der Waals surface area (Å²) in [5, 5.41) is 10.2. The Morgan fingerprint density at radius 1 is 1.17 bits per heavy atom. The summed E-state index contributed by atoms with van der Waals surface area (Å²) in [5.41, 5.74) is 2.24. The molecule has 0 saturated heterocycles. The molecule has 0 aliphatic carbocycles. The first-order chi connectivity index (χ1) is 14.1. The van der Waals surface area contributed by atoms with E-state index in [4.69, 9.17) is 9.47 Å². The van der Waals surface area contributed by atoms with E-state index in [0.717, 1.165) is 54.5 Å². The van der Waals surface area contributed by atoms with E-state index in [1.54, 1.807) is 18.4 Å². The molecule has 1 aromatic heterocycles. The molecular formula is C22H34N4O2S. The van der Waals surface area contributed by atoms with Gasteiger partial charge in [0, 0.05) is 24.7 Å². The number of guanidine groups is 1. The lowest BCUT2D eigenvalue weighted by molar-refractivity contribution is 0.287. The third-order valence-electron chi connectivity index (χ3n) is 4.42. The second kappa shape index (κ2) is 12.3. The van der Waals surface area contributed by atoms with Crippen LogP contribution in [-0.4, -0.2) is 37.7 Å². The molecule has 7 heteroatoms. The molecule has 1 unspecified atom stereocenters. The van der Waals surface area contributed by atoms with Crippen molar-refractivity contribution in [1.29, 1.82) is 0 Å². The molecule has 2 N–H and O–H groups in total. The summed E-state index contributed by atoms with van der Waals surface area (Å²) in [6, 6.07) is 6.16. The number of nitrogens with one attached hydrogen (secondary N) is 2.